The van der Waals surface area contributed by atoms with Crippen molar-refractivity contribution < 1.29 is 0 Å². The standard InChI is InChI=1S/C13H12BrN5/c1-19-13(15)11(8-4-2-3-5-9(8)14)12(18-19)10-6-7-16-17-10/h2-7H,15H2,1H3,(H,16,17). The summed E-state index contributed by atoms with van der Waals surface area (Å²) in [6.45, 7) is 0. The molecule has 19 heavy (non-hydrogen) atoms. The van der Waals surface area contributed by atoms with Crippen molar-refractivity contribution in [3.63, 3.8) is 0 Å². The second-order valence-corrected chi connectivity index (χ2v) is 5.04. The smallest absolute Gasteiger partial charge is 0.130 e. The molecule has 1 aromatic carbocycles. The van der Waals surface area contributed by atoms with Gasteiger partial charge < -0.3 is 5.73 Å². The van der Waals surface area contributed by atoms with Crippen molar-refractivity contribution in [1.82, 2.24) is 20.0 Å². The summed E-state index contributed by atoms with van der Waals surface area (Å²) in [5.74, 6) is 0.622. The van der Waals surface area contributed by atoms with Gasteiger partial charge in [-0.2, -0.15) is 10.2 Å². The molecule has 3 N–H and O–H groups in total. The second kappa shape index (κ2) is 4.55. The number of aryl methyl sites for hydroxylation is 1. The molecule has 2 aromatic heterocycles. The third-order valence-corrected chi connectivity index (χ3v) is 3.68. The fraction of sp³-hybridized carbons (Fsp3) is 0.0769. The molecule has 0 fully saturated rings. The normalized spacial score (nSPS) is 10.8. The average Bonchev–Trinajstić information content (AvgIpc) is 3.01. The summed E-state index contributed by atoms with van der Waals surface area (Å²) in [5.41, 5.74) is 9.71. The van der Waals surface area contributed by atoms with E-state index in [1.165, 1.54) is 0 Å². The van der Waals surface area contributed by atoms with Crippen LogP contribution >= 0.6 is 15.9 Å². The zero-order valence-corrected chi connectivity index (χ0v) is 11.8. The number of halogens is 1. The van der Waals surface area contributed by atoms with Crippen LogP contribution in [0.2, 0.25) is 0 Å². The summed E-state index contributed by atoms with van der Waals surface area (Å²) in [6.07, 6.45) is 1.70. The number of nitrogen functional groups attached to an aromatic ring is 1. The molecule has 2 heterocycles. The Morgan fingerprint density at radius 2 is 2.05 bits per heavy atom. The van der Waals surface area contributed by atoms with Crippen LogP contribution in [-0.2, 0) is 7.05 Å². The van der Waals surface area contributed by atoms with E-state index in [0.717, 1.165) is 27.0 Å². The summed E-state index contributed by atoms with van der Waals surface area (Å²) in [4.78, 5) is 0. The van der Waals surface area contributed by atoms with Gasteiger partial charge in [0, 0.05) is 23.3 Å². The lowest BCUT2D eigenvalue weighted by Crippen LogP contribution is -1.98. The van der Waals surface area contributed by atoms with Gasteiger partial charge in [0.25, 0.3) is 0 Å². The lowest BCUT2D eigenvalue weighted by molar-refractivity contribution is 0.781. The van der Waals surface area contributed by atoms with Gasteiger partial charge in [-0.15, -0.1) is 0 Å². The molecule has 0 aliphatic carbocycles. The Morgan fingerprint density at radius 1 is 1.26 bits per heavy atom. The lowest BCUT2D eigenvalue weighted by atomic mass is 10.0. The first-order chi connectivity index (χ1) is 9.18. The minimum absolute atomic E-state index is 0.622. The van der Waals surface area contributed by atoms with E-state index in [1.807, 2.05) is 37.4 Å². The summed E-state index contributed by atoms with van der Waals surface area (Å²) in [7, 11) is 1.83. The van der Waals surface area contributed by atoms with Crippen LogP contribution in [0.25, 0.3) is 22.5 Å². The van der Waals surface area contributed by atoms with Gasteiger partial charge in [0.05, 0.1) is 11.3 Å². The van der Waals surface area contributed by atoms with Gasteiger partial charge in [-0.3, -0.25) is 9.78 Å². The zero-order chi connectivity index (χ0) is 13.4. The maximum Gasteiger partial charge on any atom is 0.130 e. The fourth-order valence-corrected chi connectivity index (χ4v) is 2.53. The summed E-state index contributed by atoms with van der Waals surface area (Å²) in [6, 6.07) is 9.82. The molecular weight excluding hydrogens is 306 g/mol. The van der Waals surface area contributed by atoms with Gasteiger partial charge in [0.2, 0.25) is 0 Å². The first kappa shape index (κ1) is 12.0. The number of aromatic amines is 1. The van der Waals surface area contributed by atoms with Gasteiger partial charge in [-0.05, 0) is 12.1 Å². The monoisotopic (exact) mass is 317 g/mol. The molecule has 0 aliphatic heterocycles. The zero-order valence-electron chi connectivity index (χ0n) is 10.3. The van der Waals surface area contributed by atoms with Crippen LogP contribution in [0, 0.1) is 0 Å². The number of benzene rings is 1. The fourth-order valence-electron chi connectivity index (χ4n) is 2.04. The lowest BCUT2D eigenvalue weighted by Gasteiger charge is -2.05. The topological polar surface area (TPSA) is 72.5 Å². The third kappa shape index (κ3) is 1.94. The highest BCUT2D eigenvalue weighted by atomic mass is 79.9. The Hall–Kier alpha value is -2.08. The number of H-pyrrole nitrogens is 1. The Bertz CT molecular complexity index is 715. The van der Waals surface area contributed by atoms with Gasteiger partial charge in [-0.25, -0.2) is 0 Å². The Kier molecular flexibility index (Phi) is 2.87. The number of hydrogen-bond acceptors (Lipinski definition) is 3. The van der Waals surface area contributed by atoms with E-state index in [1.54, 1.807) is 10.9 Å². The van der Waals surface area contributed by atoms with Crippen molar-refractivity contribution in [3.05, 3.63) is 41.0 Å². The number of nitrogens with two attached hydrogens (primary N) is 1. The quantitative estimate of drug-likeness (QED) is 0.763. The van der Waals surface area contributed by atoms with Gasteiger partial charge in [0.15, 0.2) is 0 Å². The van der Waals surface area contributed by atoms with Crippen molar-refractivity contribution >= 4 is 21.7 Å². The predicted octanol–water partition coefficient (Wildman–Crippen LogP) is 2.82. The van der Waals surface area contributed by atoms with Gasteiger partial charge in [-0.1, -0.05) is 34.1 Å². The van der Waals surface area contributed by atoms with E-state index >= 15 is 0 Å². The number of hydrogen-bond donors (Lipinski definition) is 2. The van der Waals surface area contributed by atoms with Crippen LogP contribution in [0.15, 0.2) is 41.0 Å². The Morgan fingerprint density at radius 3 is 2.74 bits per heavy atom. The molecule has 0 atom stereocenters. The molecule has 0 spiro atoms. The first-order valence-corrected chi connectivity index (χ1v) is 6.55. The van der Waals surface area contributed by atoms with Gasteiger partial charge >= 0.3 is 0 Å². The molecule has 0 aliphatic rings. The molecule has 0 amide bonds. The molecule has 0 bridgehead atoms. The van der Waals surface area contributed by atoms with E-state index in [-0.39, 0.29) is 0 Å². The Balaban J connectivity index is 2.29. The van der Waals surface area contributed by atoms with Crippen molar-refractivity contribution in [2.24, 2.45) is 7.05 Å². The van der Waals surface area contributed by atoms with Gasteiger partial charge in [0.1, 0.15) is 11.5 Å². The number of aromatic nitrogens is 4. The van der Waals surface area contributed by atoms with Crippen molar-refractivity contribution in [2.45, 2.75) is 0 Å². The highest BCUT2D eigenvalue weighted by Gasteiger charge is 2.19. The molecule has 6 heteroatoms. The van der Waals surface area contributed by atoms with Crippen molar-refractivity contribution in [1.29, 1.82) is 0 Å². The van der Waals surface area contributed by atoms with Crippen LogP contribution in [0.1, 0.15) is 0 Å². The molecule has 0 radical (unpaired) electrons. The maximum absolute atomic E-state index is 6.16. The van der Waals surface area contributed by atoms with E-state index < -0.39 is 0 Å². The van der Waals surface area contributed by atoms with E-state index in [9.17, 15) is 0 Å². The molecular formula is C13H12BrN5. The average molecular weight is 318 g/mol. The van der Waals surface area contributed by atoms with E-state index in [2.05, 4.69) is 31.2 Å². The number of anilines is 1. The maximum atomic E-state index is 6.16. The molecule has 5 nitrogen and oxygen atoms in total. The van der Waals surface area contributed by atoms with Crippen LogP contribution in [0.3, 0.4) is 0 Å². The van der Waals surface area contributed by atoms with Crippen molar-refractivity contribution in [3.8, 4) is 22.5 Å². The molecule has 0 unspecified atom stereocenters. The van der Waals surface area contributed by atoms with E-state index in [0.29, 0.717) is 5.82 Å². The van der Waals surface area contributed by atoms with Crippen molar-refractivity contribution in [2.75, 3.05) is 5.73 Å². The van der Waals surface area contributed by atoms with Crippen LogP contribution in [0.5, 0.6) is 0 Å². The second-order valence-electron chi connectivity index (χ2n) is 4.18. The molecule has 3 rings (SSSR count). The number of rotatable bonds is 2. The van der Waals surface area contributed by atoms with E-state index in [4.69, 9.17) is 5.73 Å². The molecule has 0 saturated heterocycles. The molecule has 0 saturated carbocycles. The predicted molar refractivity (Wildman–Crippen MR) is 78.3 cm³/mol. The summed E-state index contributed by atoms with van der Waals surface area (Å²) in [5, 5.41) is 11.4. The molecule has 96 valence electrons. The minimum Gasteiger partial charge on any atom is -0.383 e. The first-order valence-electron chi connectivity index (χ1n) is 5.75. The summed E-state index contributed by atoms with van der Waals surface area (Å²) < 4.78 is 2.65. The number of nitrogens with one attached hydrogen (secondary N) is 1. The SMILES string of the molecule is Cn1nc(-c2ccn[nH]2)c(-c2ccccc2Br)c1N. The Labute approximate surface area is 118 Å². The van der Waals surface area contributed by atoms with Crippen LogP contribution < -0.4 is 5.73 Å². The molecule has 3 aromatic rings. The largest absolute Gasteiger partial charge is 0.383 e. The van der Waals surface area contributed by atoms with Crippen LogP contribution in [0.4, 0.5) is 5.82 Å². The third-order valence-electron chi connectivity index (χ3n) is 2.99. The van der Waals surface area contributed by atoms with Crippen LogP contribution in [-0.4, -0.2) is 20.0 Å². The number of nitrogens with zero attached hydrogens (tertiary/aromatic N) is 3. The highest BCUT2D eigenvalue weighted by Crippen LogP contribution is 2.38. The minimum atomic E-state index is 0.622. The highest BCUT2D eigenvalue weighted by molar-refractivity contribution is 9.10. The summed E-state index contributed by atoms with van der Waals surface area (Å²) >= 11 is 3.56.